The van der Waals surface area contributed by atoms with Gasteiger partial charge >= 0.3 is 29.6 Å². The molecule has 0 spiro atoms. The van der Waals surface area contributed by atoms with Gasteiger partial charge in [0.05, 0.1) is 0 Å². The summed E-state index contributed by atoms with van der Waals surface area (Å²) in [5, 5.41) is 0. The van der Waals surface area contributed by atoms with E-state index in [2.05, 4.69) is 0 Å². The van der Waals surface area contributed by atoms with Crippen molar-refractivity contribution in [3.63, 3.8) is 0 Å². The minimum Gasteiger partial charge on any atom is -0.699 e. The molecule has 0 aliphatic carbocycles. The molecule has 0 saturated heterocycles. The first kappa shape index (κ1) is 9.02. The van der Waals surface area contributed by atoms with Crippen molar-refractivity contribution in [3.05, 3.63) is 35.6 Å². The molecule has 0 aliphatic heterocycles. The fourth-order valence-electron chi connectivity index (χ4n) is 0.645. The Hall–Kier alpha value is 0.0200. The van der Waals surface area contributed by atoms with Crippen molar-refractivity contribution in [3.8, 4) is 0 Å². The van der Waals surface area contributed by atoms with E-state index < -0.39 is 0 Å². The van der Waals surface area contributed by atoms with Gasteiger partial charge < -0.3 is 5.73 Å². The average molecular weight is 129 g/mol. The SMILES string of the molecule is Cc1cccc([NH-])c1.[Na+]. The molecule has 2 heteroatoms. The maximum atomic E-state index is 7.14. The van der Waals surface area contributed by atoms with Gasteiger partial charge in [-0.15, -0.1) is 5.69 Å². The zero-order valence-electron chi connectivity index (χ0n) is 5.81. The fourth-order valence-corrected chi connectivity index (χ4v) is 0.645. The summed E-state index contributed by atoms with van der Waals surface area (Å²) >= 11 is 0. The van der Waals surface area contributed by atoms with Crippen LogP contribution in [0.2, 0.25) is 0 Å². The van der Waals surface area contributed by atoms with Crippen LogP contribution in [0.4, 0.5) is 5.69 Å². The number of benzene rings is 1. The standard InChI is InChI=1S/C7H8N.Na/c1-6-3-2-4-7(8)5-6;/h2-5,8H,1H3;/q-1;+1. The largest absolute Gasteiger partial charge is 1.00 e. The van der Waals surface area contributed by atoms with Crippen molar-refractivity contribution in [2.24, 2.45) is 0 Å². The smallest absolute Gasteiger partial charge is 0.699 e. The average Bonchev–Trinajstić information content (AvgIpc) is 1.64. The van der Waals surface area contributed by atoms with Gasteiger partial charge in [-0.2, -0.15) is 0 Å². The molecule has 0 radical (unpaired) electrons. The second kappa shape index (κ2) is 3.94. The Bertz CT molecular complexity index is 169. The third-order valence-electron chi connectivity index (χ3n) is 1.02. The molecule has 0 heterocycles. The molecule has 0 amide bonds. The van der Waals surface area contributed by atoms with Crippen molar-refractivity contribution in [2.75, 3.05) is 0 Å². The number of rotatable bonds is 0. The molecule has 1 aromatic rings. The summed E-state index contributed by atoms with van der Waals surface area (Å²) in [6, 6.07) is 7.47. The number of hydrogen-bond acceptors (Lipinski definition) is 0. The first-order valence-electron chi connectivity index (χ1n) is 2.57. The fraction of sp³-hybridized carbons (Fsp3) is 0.143. The van der Waals surface area contributed by atoms with Gasteiger partial charge in [-0.05, 0) is 6.92 Å². The quantitative estimate of drug-likeness (QED) is 0.429. The molecule has 0 saturated carbocycles. The summed E-state index contributed by atoms with van der Waals surface area (Å²) in [6.45, 7) is 1.98. The van der Waals surface area contributed by atoms with Crippen molar-refractivity contribution in [1.82, 2.24) is 0 Å². The number of aryl methyl sites for hydroxylation is 1. The first-order chi connectivity index (χ1) is 3.79. The summed E-state index contributed by atoms with van der Waals surface area (Å²) in [4.78, 5) is 0. The summed E-state index contributed by atoms with van der Waals surface area (Å²) in [6.07, 6.45) is 0. The molecule has 0 unspecified atom stereocenters. The van der Waals surface area contributed by atoms with Crippen molar-refractivity contribution in [2.45, 2.75) is 6.92 Å². The molecule has 1 aromatic carbocycles. The number of hydrogen-bond donors (Lipinski definition) is 0. The van der Waals surface area contributed by atoms with Crippen LogP contribution < -0.4 is 29.6 Å². The molecule has 0 aromatic heterocycles. The molecule has 42 valence electrons. The predicted octanol–water partition coefficient (Wildman–Crippen LogP) is -0.317. The molecule has 0 atom stereocenters. The minimum atomic E-state index is 0. The molecule has 1 rings (SSSR count). The molecule has 0 aliphatic rings. The zero-order chi connectivity index (χ0) is 5.98. The molecular formula is C7H8NNa. The molecule has 9 heavy (non-hydrogen) atoms. The summed E-state index contributed by atoms with van der Waals surface area (Å²) in [5.41, 5.74) is 8.87. The van der Waals surface area contributed by atoms with Gasteiger partial charge in [0.25, 0.3) is 0 Å². The monoisotopic (exact) mass is 129 g/mol. The molecule has 1 N–H and O–H groups in total. The minimum absolute atomic E-state index is 0. The Labute approximate surface area is 77.5 Å². The van der Waals surface area contributed by atoms with Crippen LogP contribution in [0.3, 0.4) is 0 Å². The Morgan fingerprint density at radius 3 is 2.33 bits per heavy atom. The van der Waals surface area contributed by atoms with Crippen molar-refractivity contribution >= 4 is 5.69 Å². The van der Waals surface area contributed by atoms with E-state index in [1.54, 1.807) is 6.07 Å². The van der Waals surface area contributed by atoms with Crippen LogP contribution in [0, 0.1) is 6.92 Å². The van der Waals surface area contributed by atoms with Crippen LogP contribution >= 0.6 is 0 Å². The molecule has 0 fully saturated rings. The maximum absolute atomic E-state index is 7.14. The molecule has 0 bridgehead atoms. The van der Waals surface area contributed by atoms with Crippen LogP contribution in [-0.4, -0.2) is 0 Å². The van der Waals surface area contributed by atoms with E-state index in [1.807, 2.05) is 25.1 Å². The van der Waals surface area contributed by atoms with Crippen molar-refractivity contribution in [1.29, 1.82) is 0 Å². The van der Waals surface area contributed by atoms with Gasteiger partial charge in [0.2, 0.25) is 0 Å². The Kier molecular flexibility index (Phi) is 3.95. The Balaban J connectivity index is 0.000000640. The normalized spacial score (nSPS) is 8.11. The third kappa shape index (κ3) is 2.89. The van der Waals surface area contributed by atoms with Crippen molar-refractivity contribution < 1.29 is 29.6 Å². The summed E-state index contributed by atoms with van der Waals surface area (Å²) < 4.78 is 0. The number of nitrogens with one attached hydrogen (secondary N) is 1. The van der Waals surface area contributed by atoms with Crippen LogP contribution in [-0.2, 0) is 0 Å². The zero-order valence-corrected chi connectivity index (χ0v) is 7.81. The predicted molar refractivity (Wildman–Crippen MR) is 35.2 cm³/mol. The topological polar surface area (TPSA) is 23.8 Å². The van der Waals surface area contributed by atoms with E-state index in [0.717, 1.165) is 5.56 Å². The van der Waals surface area contributed by atoms with Gasteiger partial charge in [0.1, 0.15) is 0 Å². The van der Waals surface area contributed by atoms with Crippen LogP contribution in [0.5, 0.6) is 0 Å². The second-order valence-electron chi connectivity index (χ2n) is 1.87. The summed E-state index contributed by atoms with van der Waals surface area (Å²) in [5.74, 6) is 0. The van der Waals surface area contributed by atoms with Gasteiger partial charge in [-0.3, -0.25) is 0 Å². The van der Waals surface area contributed by atoms with Crippen LogP contribution in [0.25, 0.3) is 5.73 Å². The van der Waals surface area contributed by atoms with Crippen LogP contribution in [0.1, 0.15) is 5.56 Å². The van der Waals surface area contributed by atoms with E-state index in [4.69, 9.17) is 5.73 Å². The van der Waals surface area contributed by atoms with Crippen LogP contribution in [0.15, 0.2) is 24.3 Å². The first-order valence-corrected chi connectivity index (χ1v) is 2.57. The van der Waals surface area contributed by atoms with Gasteiger partial charge in [0, 0.05) is 0 Å². The summed E-state index contributed by atoms with van der Waals surface area (Å²) in [7, 11) is 0. The molecule has 1 nitrogen and oxygen atoms in total. The van der Waals surface area contributed by atoms with E-state index in [0.29, 0.717) is 5.69 Å². The van der Waals surface area contributed by atoms with Gasteiger partial charge in [0.15, 0.2) is 0 Å². The third-order valence-corrected chi connectivity index (χ3v) is 1.02. The van der Waals surface area contributed by atoms with Gasteiger partial charge in [-0.1, -0.05) is 29.8 Å². The second-order valence-corrected chi connectivity index (χ2v) is 1.87. The van der Waals surface area contributed by atoms with Gasteiger partial charge in [-0.25, -0.2) is 0 Å². The van der Waals surface area contributed by atoms with E-state index >= 15 is 0 Å². The Morgan fingerprint density at radius 2 is 2.00 bits per heavy atom. The Morgan fingerprint density at radius 1 is 1.33 bits per heavy atom. The molecular weight excluding hydrogens is 121 g/mol. The van der Waals surface area contributed by atoms with E-state index in [1.165, 1.54) is 0 Å². The van der Waals surface area contributed by atoms with E-state index in [-0.39, 0.29) is 29.6 Å². The van der Waals surface area contributed by atoms with E-state index in [9.17, 15) is 0 Å². The maximum Gasteiger partial charge on any atom is 1.00 e.